The van der Waals surface area contributed by atoms with E-state index in [4.69, 9.17) is 0 Å². The molecule has 0 aliphatic heterocycles. The summed E-state index contributed by atoms with van der Waals surface area (Å²) in [6.45, 7) is 7.25. The second kappa shape index (κ2) is 7.28. The summed E-state index contributed by atoms with van der Waals surface area (Å²) >= 11 is 1.41. The maximum absolute atomic E-state index is 2.42. The Morgan fingerprint density at radius 2 is 1.25 bits per heavy atom. The molecule has 0 atom stereocenters. The predicted molar refractivity (Wildman–Crippen MR) is 28.2 cm³/mol. The number of hydrogen-bond acceptors (Lipinski definition) is 0. The van der Waals surface area contributed by atoms with Crippen molar-refractivity contribution < 1.29 is 64.5 Å². The first-order valence-corrected chi connectivity index (χ1v) is 8.13. The van der Waals surface area contributed by atoms with Gasteiger partial charge in [0.05, 0.1) is 0 Å². The average molecular weight is 298 g/mol. The van der Waals surface area contributed by atoms with Gasteiger partial charge in [-0.3, -0.25) is 0 Å². The zero-order chi connectivity index (χ0) is 5.21. The van der Waals surface area contributed by atoms with Crippen molar-refractivity contribution >= 4 is 8.07 Å². The fraction of sp³-hybridized carbons (Fsp3) is 1.00. The van der Waals surface area contributed by atoms with Crippen LogP contribution >= 0.6 is 0 Å². The summed E-state index contributed by atoms with van der Waals surface area (Å²) in [4.78, 5) is 0. The third-order valence-electron chi connectivity index (χ3n) is 0.530. The van der Waals surface area contributed by atoms with E-state index in [2.05, 4.69) is 19.6 Å². The van der Waals surface area contributed by atoms with Gasteiger partial charge < -0.3 is 24.8 Å². The Labute approximate surface area is 92.3 Å². The minimum atomic E-state index is -0.569. The Morgan fingerprint density at radius 1 is 1.12 bits per heavy atom. The molecule has 0 radical (unpaired) electrons. The van der Waals surface area contributed by atoms with Crippen LogP contribution in [0.3, 0.4) is 0 Å². The molecule has 0 nitrogen and oxygen atoms in total. The minimum absolute atomic E-state index is 0. The van der Waals surface area contributed by atoms with Gasteiger partial charge in [-0.1, -0.05) is 0 Å². The molecule has 0 unspecified atom stereocenters. The molecule has 4 heteroatoms. The van der Waals surface area contributed by atoms with Crippen molar-refractivity contribution in [1.82, 2.24) is 0 Å². The van der Waals surface area contributed by atoms with Crippen molar-refractivity contribution in [2.24, 2.45) is 0 Å². The molecule has 0 aromatic carbocycles. The summed E-state index contributed by atoms with van der Waals surface area (Å²) in [5.74, 6) is 0. The Kier molecular flexibility index (Phi) is 15.1. The van der Waals surface area contributed by atoms with E-state index in [1.807, 2.05) is 0 Å². The van der Waals surface area contributed by atoms with Crippen LogP contribution < -0.4 is 24.8 Å². The van der Waals surface area contributed by atoms with Crippen molar-refractivity contribution in [3.8, 4) is 0 Å². The van der Waals surface area contributed by atoms with Crippen LogP contribution in [0, 0.1) is 39.6 Å². The molecule has 0 amide bonds. The van der Waals surface area contributed by atoms with Gasteiger partial charge in [0.15, 0.2) is 0 Å². The van der Waals surface area contributed by atoms with Crippen molar-refractivity contribution in [2.45, 2.75) is 21.2 Å². The maximum atomic E-state index is 2.42. The van der Waals surface area contributed by atoms with Gasteiger partial charge in [0.25, 0.3) is 0 Å². The molecular weight excluding hydrogens is 287 g/mol. The van der Waals surface area contributed by atoms with Gasteiger partial charge in [-0.05, 0) is 0 Å². The predicted octanol–water partition coefficient (Wildman–Crippen LogP) is -4.16. The molecule has 0 rings (SSSR count). The third-order valence-corrected chi connectivity index (χ3v) is 11.6. The van der Waals surface area contributed by atoms with Crippen LogP contribution in [0.5, 0.6) is 0 Å². The molecule has 0 aliphatic carbocycles. The van der Waals surface area contributed by atoms with E-state index in [9.17, 15) is 0 Å². The van der Waals surface area contributed by atoms with Crippen molar-refractivity contribution in [3.63, 3.8) is 0 Å². The standard InChI is InChI=1S/C4H11Si.Ce.2ClH/c1-5(2,3)4;;;/h1H2,2-4H3;;2*1H/q;+2;;/p-2. The van der Waals surface area contributed by atoms with Gasteiger partial charge in [0.1, 0.15) is 0 Å². The smallest absolute Gasteiger partial charge is 1.00 e. The number of rotatable bonds is 1. The minimum Gasteiger partial charge on any atom is -1.00 e. The summed E-state index contributed by atoms with van der Waals surface area (Å²) in [6.07, 6.45) is 0. The van der Waals surface area contributed by atoms with Crippen LogP contribution in [0.2, 0.25) is 21.2 Å². The van der Waals surface area contributed by atoms with E-state index in [0.717, 1.165) is 0 Å². The van der Waals surface area contributed by atoms with Gasteiger partial charge in [-0.2, -0.15) is 0 Å². The molecule has 0 saturated heterocycles. The maximum Gasteiger partial charge on any atom is -1.00 e. The summed E-state index contributed by atoms with van der Waals surface area (Å²) in [5, 5.41) is 0. The van der Waals surface area contributed by atoms with E-state index in [1.165, 1.54) is 39.6 Å². The molecular formula is C4H11CeCl2Si. The number of halogens is 2. The molecule has 0 aromatic heterocycles. The summed E-state index contributed by atoms with van der Waals surface area (Å²) in [5.41, 5.74) is 0. The SMILES string of the molecule is C[Si](C)(C)[CH2][Ce+2].[Cl-].[Cl-]. The summed E-state index contributed by atoms with van der Waals surface area (Å²) in [6, 6.07) is 0. The van der Waals surface area contributed by atoms with Crippen LogP contribution in [0.1, 0.15) is 0 Å². The van der Waals surface area contributed by atoms with E-state index in [0.29, 0.717) is 0 Å². The molecule has 0 aliphatic rings. The van der Waals surface area contributed by atoms with Crippen LogP contribution in [-0.2, 0) is 0 Å². The first-order chi connectivity index (χ1) is 2.56. The second-order valence-corrected chi connectivity index (χ2v) is 11.5. The second-order valence-electron chi connectivity index (χ2n) is 2.74. The van der Waals surface area contributed by atoms with Crippen LogP contribution in [0.15, 0.2) is 0 Å². The molecule has 0 saturated carbocycles. The van der Waals surface area contributed by atoms with Crippen LogP contribution in [0.25, 0.3) is 0 Å². The van der Waals surface area contributed by atoms with Crippen molar-refractivity contribution in [3.05, 3.63) is 0 Å². The van der Waals surface area contributed by atoms with E-state index in [-0.39, 0.29) is 24.8 Å². The molecule has 49 valence electrons. The van der Waals surface area contributed by atoms with Gasteiger partial charge in [0, 0.05) is 0 Å². The Balaban J connectivity index is -0.000000125. The van der Waals surface area contributed by atoms with Gasteiger partial charge in [-0.15, -0.1) is 0 Å². The zero-order valence-corrected chi connectivity index (χ0v) is 11.1. The monoisotopic (exact) mass is 297 g/mol. The van der Waals surface area contributed by atoms with Crippen LogP contribution in [-0.4, -0.2) is 8.07 Å². The molecule has 8 heavy (non-hydrogen) atoms. The Morgan fingerprint density at radius 3 is 1.25 bits per heavy atom. The first-order valence-electron chi connectivity index (χ1n) is 2.21. The largest absolute Gasteiger partial charge is 1.00 e. The topological polar surface area (TPSA) is 0 Å². The number of hydrogen-bond donors (Lipinski definition) is 0. The Hall–Kier alpha value is 2.17. The van der Waals surface area contributed by atoms with E-state index < -0.39 is 8.07 Å². The summed E-state index contributed by atoms with van der Waals surface area (Å²) < 4.78 is 1.55. The third kappa shape index (κ3) is 15.7. The summed E-state index contributed by atoms with van der Waals surface area (Å²) in [7, 11) is -0.569. The average Bonchev–Trinajstić information content (AvgIpc) is 1.35. The van der Waals surface area contributed by atoms with Crippen LogP contribution in [0.4, 0.5) is 0 Å². The molecule has 0 N–H and O–H groups in total. The van der Waals surface area contributed by atoms with Gasteiger partial charge in [-0.25, -0.2) is 0 Å². The van der Waals surface area contributed by atoms with Gasteiger partial charge in [0.2, 0.25) is 0 Å². The molecule has 0 heterocycles. The van der Waals surface area contributed by atoms with E-state index in [1.54, 1.807) is 1.56 Å². The molecule has 0 spiro atoms. The van der Waals surface area contributed by atoms with Crippen molar-refractivity contribution in [2.75, 3.05) is 0 Å². The fourth-order valence-corrected chi connectivity index (χ4v) is 0. The van der Waals surface area contributed by atoms with E-state index >= 15 is 0 Å². The first kappa shape index (κ1) is 16.6. The zero-order valence-electron chi connectivity index (χ0n) is 5.46. The quantitative estimate of drug-likeness (QED) is 0.431. The molecule has 0 bridgehead atoms. The fourth-order valence-electron chi connectivity index (χ4n) is 0. The normalized spacial score (nSPS) is 9.12. The molecule has 0 aromatic rings. The Bertz CT molecular complexity index is 43.8. The van der Waals surface area contributed by atoms with Crippen molar-refractivity contribution in [1.29, 1.82) is 0 Å². The van der Waals surface area contributed by atoms with Gasteiger partial charge >= 0.3 is 68.9 Å². The molecule has 0 fully saturated rings.